The molecule has 1 fully saturated rings. The van der Waals surface area contributed by atoms with Gasteiger partial charge in [-0.15, -0.1) is 12.4 Å². The average Bonchev–Trinajstić information content (AvgIpc) is 2.03. The number of nitrogens with two attached hydrogens (primary N) is 1. The molecule has 1 aliphatic carbocycles. The predicted molar refractivity (Wildman–Crippen MR) is 58.4 cm³/mol. The van der Waals surface area contributed by atoms with Gasteiger partial charge in [0, 0.05) is 13.5 Å². The Labute approximate surface area is 91.8 Å². The van der Waals surface area contributed by atoms with Crippen LogP contribution in [0.4, 0.5) is 0 Å². The largest absolute Gasteiger partial charge is 0.458 e. The molecule has 1 saturated carbocycles. The Morgan fingerprint density at radius 1 is 1.64 bits per heavy atom. The van der Waals surface area contributed by atoms with Crippen molar-refractivity contribution in [2.75, 3.05) is 6.54 Å². The molecule has 0 spiro atoms. The quantitative estimate of drug-likeness (QED) is 0.725. The maximum Gasteiger partial charge on any atom is 0.303 e. The van der Waals surface area contributed by atoms with Gasteiger partial charge in [0.05, 0.1) is 0 Å². The lowest BCUT2D eigenvalue weighted by atomic mass is 9.79. The number of esters is 1. The van der Waals surface area contributed by atoms with E-state index < -0.39 is 0 Å². The molecule has 2 unspecified atom stereocenters. The molecule has 2 N–H and O–H groups in total. The Balaban J connectivity index is 0.00000169. The zero-order valence-corrected chi connectivity index (χ0v) is 9.73. The van der Waals surface area contributed by atoms with Crippen LogP contribution in [0.1, 0.15) is 39.5 Å². The minimum Gasteiger partial charge on any atom is -0.458 e. The summed E-state index contributed by atoms with van der Waals surface area (Å²) in [6, 6.07) is 0. The molecule has 2 atom stereocenters. The number of carbonyl (C=O) groups is 1. The van der Waals surface area contributed by atoms with Crippen molar-refractivity contribution < 1.29 is 9.53 Å². The van der Waals surface area contributed by atoms with Crippen molar-refractivity contribution in [1.82, 2.24) is 0 Å². The first-order chi connectivity index (χ1) is 6.08. The fourth-order valence-electron chi connectivity index (χ4n) is 2.24. The van der Waals surface area contributed by atoms with E-state index >= 15 is 0 Å². The fourth-order valence-corrected chi connectivity index (χ4v) is 2.24. The van der Waals surface area contributed by atoms with Gasteiger partial charge in [0.15, 0.2) is 0 Å². The topological polar surface area (TPSA) is 52.3 Å². The molecule has 0 aromatic heterocycles. The smallest absolute Gasteiger partial charge is 0.303 e. The van der Waals surface area contributed by atoms with E-state index in [0.717, 1.165) is 19.3 Å². The molecule has 0 radical (unpaired) electrons. The van der Waals surface area contributed by atoms with Crippen molar-refractivity contribution in [3.63, 3.8) is 0 Å². The summed E-state index contributed by atoms with van der Waals surface area (Å²) in [5.74, 6) is 0.413. The highest BCUT2D eigenvalue weighted by Crippen LogP contribution is 2.34. The summed E-state index contributed by atoms with van der Waals surface area (Å²) < 4.78 is 5.33. The minimum absolute atomic E-state index is 0. The molecule has 0 aliphatic heterocycles. The Morgan fingerprint density at radius 3 is 2.71 bits per heavy atom. The molecule has 14 heavy (non-hydrogen) atoms. The van der Waals surface area contributed by atoms with Gasteiger partial charge in [-0.2, -0.15) is 0 Å². The summed E-state index contributed by atoms with van der Waals surface area (Å²) in [7, 11) is 0. The number of carbonyl (C=O) groups excluding carboxylic acids is 1. The summed E-state index contributed by atoms with van der Waals surface area (Å²) in [6.45, 7) is 4.10. The Kier molecular flexibility index (Phi) is 5.45. The average molecular weight is 222 g/mol. The van der Waals surface area contributed by atoms with E-state index in [1.54, 1.807) is 0 Å². The third-order valence-corrected chi connectivity index (χ3v) is 2.78. The van der Waals surface area contributed by atoms with Crippen molar-refractivity contribution in [3.05, 3.63) is 0 Å². The summed E-state index contributed by atoms with van der Waals surface area (Å²) in [5, 5.41) is 0. The number of hydrogen-bond donors (Lipinski definition) is 1. The van der Waals surface area contributed by atoms with Crippen molar-refractivity contribution in [2.24, 2.45) is 11.7 Å². The van der Waals surface area contributed by atoms with Gasteiger partial charge in [-0.1, -0.05) is 13.3 Å². The van der Waals surface area contributed by atoms with E-state index in [4.69, 9.17) is 10.5 Å². The van der Waals surface area contributed by atoms with Crippen LogP contribution in [0.25, 0.3) is 0 Å². The van der Waals surface area contributed by atoms with Crippen LogP contribution in [0, 0.1) is 5.92 Å². The van der Waals surface area contributed by atoms with Crippen LogP contribution in [0.2, 0.25) is 0 Å². The van der Waals surface area contributed by atoms with Crippen molar-refractivity contribution in [3.8, 4) is 0 Å². The third-order valence-electron chi connectivity index (χ3n) is 2.78. The first kappa shape index (κ1) is 13.7. The molecule has 1 aliphatic rings. The van der Waals surface area contributed by atoms with E-state index in [0.29, 0.717) is 12.5 Å². The lowest BCUT2D eigenvalue weighted by Crippen LogP contribution is -2.45. The summed E-state index contributed by atoms with van der Waals surface area (Å²) in [6.07, 6.45) is 4.19. The summed E-state index contributed by atoms with van der Waals surface area (Å²) in [5.41, 5.74) is 5.31. The Hall–Kier alpha value is -0.280. The van der Waals surface area contributed by atoms with E-state index in [2.05, 4.69) is 6.92 Å². The normalized spacial score (nSPS) is 31.8. The molecular weight excluding hydrogens is 202 g/mol. The van der Waals surface area contributed by atoms with Crippen LogP contribution >= 0.6 is 12.4 Å². The lowest BCUT2D eigenvalue weighted by Gasteiger charge is -2.38. The zero-order chi connectivity index (χ0) is 9.90. The minimum atomic E-state index is -0.358. The van der Waals surface area contributed by atoms with E-state index in [-0.39, 0.29) is 24.0 Å². The first-order valence-corrected chi connectivity index (χ1v) is 4.98. The van der Waals surface area contributed by atoms with Crippen LogP contribution in [-0.2, 0) is 9.53 Å². The number of halogens is 1. The summed E-state index contributed by atoms with van der Waals surface area (Å²) >= 11 is 0. The molecule has 3 nitrogen and oxygen atoms in total. The number of rotatable bonds is 2. The highest BCUT2D eigenvalue weighted by molar-refractivity contribution is 5.85. The van der Waals surface area contributed by atoms with E-state index in [1.807, 2.05) is 0 Å². The van der Waals surface area contributed by atoms with E-state index in [9.17, 15) is 4.79 Å². The Morgan fingerprint density at radius 2 is 2.29 bits per heavy atom. The van der Waals surface area contributed by atoms with Gasteiger partial charge >= 0.3 is 5.97 Å². The molecule has 4 heteroatoms. The zero-order valence-electron chi connectivity index (χ0n) is 8.91. The van der Waals surface area contributed by atoms with Crippen molar-refractivity contribution in [2.45, 2.75) is 45.1 Å². The van der Waals surface area contributed by atoms with Crippen molar-refractivity contribution >= 4 is 18.4 Å². The summed E-state index contributed by atoms with van der Waals surface area (Å²) in [4.78, 5) is 10.9. The highest BCUT2D eigenvalue weighted by Gasteiger charge is 2.36. The molecule has 0 aromatic rings. The van der Waals surface area contributed by atoms with Gasteiger partial charge in [0.25, 0.3) is 0 Å². The van der Waals surface area contributed by atoms with Crippen LogP contribution in [0.3, 0.4) is 0 Å². The van der Waals surface area contributed by atoms with Gasteiger partial charge in [0.2, 0.25) is 0 Å². The molecular formula is C10H20ClNO2. The maximum atomic E-state index is 10.9. The highest BCUT2D eigenvalue weighted by atomic mass is 35.5. The second-order valence-electron chi connectivity index (χ2n) is 4.18. The van der Waals surface area contributed by atoms with Crippen LogP contribution in [0.15, 0.2) is 0 Å². The van der Waals surface area contributed by atoms with Gasteiger partial charge in [-0.25, -0.2) is 0 Å². The van der Waals surface area contributed by atoms with Crippen LogP contribution in [-0.4, -0.2) is 18.1 Å². The SMILES string of the molecule is CC(=O)OC1(CN)CCCC(C)C1.Cl. The van der Waals surface area contributed by atoms with Gasteiger partial charge in [0.1, 0.15) is 5.60 Å². The number of ether oxygens (including phenoxy) is 1. The standard InChI is InChI=1S/C10H19NO2.ClH/c1-8-4-3-5-10(6-8,7-11)13-9(2)12;/h8H,3-7,11H2,1-2H3;1H. The molecule has 0 bridgehead atoms. The van der Waals surface area contributed by atoms with Crippen molar-refractivity contribution in [1.29, 1.82) is 0 Å². The monoisotopic (exact) mass is 221 g/mol. The molecule has 0 amide bonds. The second-order valence-corrected chi connectivity index (χ2v) is 4.18. The molecule has 0 heterocycles. The molecule has 1 rings (SSSR count). The predicted octanol–water partition coefficient (Wildman–Crippen LogP) is 1.88. The first-order valence-electron chi connectivity index (χ1n) is 4.98. The third kappa shape index (κ3) is 3.46. The molecule has 0 saturated heterocycles. The van der Waals surface area contributed by atoms with Gasteiger partial charge in [-0.05, 0) is 25.2 Å². The van der Waals surface area contributed by atoms with E-state index in [1.165, 1.54) is 13.3 Å². The van der Waals surface area contributed by atoms with Gasteiger partial charge < -0.3 is 10.5 Å². The van der Waals surface area contributed by atoms with Gasteiger partial charge in [-0.3, -0.25) is 4.79 Å². The van der Waals surface area contributed by atoms with Crippen LogP contribution in [0.5, 0.6) is 0 Å². The molecule has 0 aromatic carbocycles. The molecule has 84 valence electrons. The number of hydrogen-bond acceptors (Lipinski definition) is 3. The lowest BCUT2D eigenvalue weighted by molar-refractivity contribution is -0.160. The second kappa shape index (κ2) is 5.56. The fraction of sp³-hybridized carbons (Fsp3) is 0.900. The Bertz CT molecular complexity index is 199. The maximum absolute atomic E-state index is 10.9. The van der Waals surface area contributed by atoms with Crippen LogP contribution < -0.4 is 5.73 Å².